The molecule has 3 aromatic rings. The molecule has 0 atom stereocenters. The van der Waals surface area contributed by atoms with Crippen molar-refractivity contribution < 1.29 is 4.79 Å². The Morgan fingerprint density at radius 2 is 1.57 bits per heavy atom. The van der Waals surface area contributed by atoms with E-state index in [1.807, 2.05) is 76.2 Å². The average molecular weight is 405 g/mol. The highest BCUT2D eigenvalue weighted by Gasteiger charge is 2.28. The van der Waals surface area contributed by atoms with Crippen LogP contribution in [0.4, 0.5) is 0 Å². The van der Waals surface area contributed by atoms with E-state index >= 15 is 0 Å². The average Bonchev–Trinajstić information content (AvgIpc) is 2.64. The van der Waals surface area contributed by atoms with Gasteiger partial charge in [0, 0.05) is 22.2 Å². The molecule has 2 aromatic carbocycles. The molecule has 0 aliphatic heterocycles. The third-order valence-electron chi connectivity index (χ3n) is 5.46. The molecule has 0 fully saturated rings. The lowest BCUT2D eigenvalue weighted by atomic mass is 9.86. The summed E-state index contributed by atoms with van der Waals surface area (Å²) in [5.74, 6) is -0.0771. The van der Waals surface area contributed by atoms with E-state index in [1.54, 1.807) is 4.90 Å². The molecular weight excluding hydrogens is 372 g/mol. The quantitative estimate of drug-likeness (QED) is 0.620. The van der Waals surface area contributed by atoms with Gasteiger partial charge in [0.15, 0.2) is 0 Å². The van der Waals surface area contributed by atoms with Crippen molar-refractivity contribution in [2.24, 2.45) is 0 Å². The third-order valence-corrected chi connectivity index (χ3v) is 5.46. The van der Waals surface area contributed by atoms with Gasteiger partial charge >= 0.3 is 0 Å². The van der Waals surface area contributed by atoms with Crippen LogP contribution in [0.3, 0.4) is 0 Å². The van der Waals surface area contributed by atoms with Crippen molar-refractivity contribution in [1.82, 2.24) is 9.88 Å². The molecule has 158 valence electrons. The Balaban J connectivity index is 1.97. The number of hydrogen-bond acceptors (Lipinski definition) is 2. The van der Waals surface area contributed by atoms with E-state index in [0.717, 1.165) is 16.5 Å². The van der Waals surface area contributed by atoms with Gasteiger partial charge in [0.05, 0.1) is 6.54 Å². The minimum absolute atomic E-state index is 0.0296. The van der Waals surface area contributed by atoms with Crippen molar-refractivity contribution >= 4 is 16.8 Å². The summed E-state index contributed by atoms with van der Waals surface area (Å²) in [7, 11) is 0. The number of hydrogen-bond donors (Lipinski definition) is 1. The molecule has 0 aliphatic carbocycles. The Labute approximate surface area is 178 Å². The number of benzene rings is 2. The van der Waals surface area contributed by atoms with Gasteiger partial charge in [-0.05, 0) is 74.4 Å². The van der Waals surface area contributed by atoms with Gasteiger partial charge in [-0.1, -0.05) is 44.5 Å². The van der Waals surface area contributed by atoms with Crippen LogP contribution in [0.25, 0.3) is 10.9 Å². The molecule has 1 N–H and O–H groups in total. The van der Waals surface area contributed by atoms with Crippen molar-refractivity contribution in [3.63, 3.8) is 0 Å². The maximum Gasteiger partial charge on any atom is 0.254 e. The number of nitrogens with zero attached hydrogens (tertiary/aromatic N) is 1. The lowest BCUT2D eigenvalue weighted by Crippen LogP contribution is -2.46. The summed E-state index contributed by atoms with van der Waals surface area (Å²) in [6.07, 6.45) is 0. The Morgan fingerprint density at radius 3 is 2.13 bits per heavy atom. The fraction of sp³-hybridized carbons (Fsp3) is 0.385. The summed E-state index contributed by atoms with van der Waals surface area (Å²) in [6.45, 7) is 14.7. The fourth-order valence-corrected chi connectivity index (χ4v) is 3.54. The van der Waals surface area contributed by atoms with Crippen LogP contribution in [0.1, 0.15) is 68.6 Å². The normalized spacial score (nSPS) is 12.2. The lowest BCUT2D eigenvalue weighted by molar-refractivity contribution is 0.0558. The Kier molecular flexibility index (Phi) is 5.64. The predicted molar refractivity (Wildman–Crippen MR) is 124 cm³/mol. The van der Waals surface area contributed by atoms with E-state index in [-0.39, 0.29) is 23.4 Å². The molecule has 0 radical (unpaired) electrons. The van der Waals surface area contributed by atoms with Crippen LogP contribution in [-0.2, 0) is 12.0 Å². The Bertz CT molecular complexity index is 1130. The van der Waals surface area contributed by atoms with Crippen molar-refractivity contribution in [3.8, 4) is 0 Å². The molecule has 1 amide bonds. The first-order valence-corrected chi connectivity index (χ1v) is 10.4. The molecule has 0 saturated carbocycles. The molecule has 4 heteroatoms. The number of pyridine rings is 1. The van der Waals surface area contributed by atoms with E-state index in [9.17, 15) is 9.59 Å². The number of aromatic amines is 1. The van der Waals surface area contributed by atoms with Crippen molar-refractivity contribution in [3.05, 3.63) is 81.1 Å². The standard InChI is InChI=1S/C26H32N2O2/c1-17-8-13-22-19(14-17)15-20(23(29)27-22)16-28(26(5,6)7)24(30)18-9-11-21(12-10-18)25(2,3)4/h8-15H,16H2,1-7H3,(H,27,29). The number of rotatable bonds is 3. The molecule has 0 aliphatic rings. The zero-order valence-electron chi connectivity index (χ0n) is 19.1. The first-order valence-electron chi connectivity index (χ1n) is 10.4. The number of nitrogens with one attached hydrogen (secondary N) is 1. The van der Waals surface area contributed by atoms with Crippen molar-refractivity contribution in [1.29, 1.82) is 0 Å². The van der Waals surface area contributed by atoms with Gasteiger partial charge < -0.3 is 9.88 Å². The van der Waals surface area contributed by atoms with Gasteiger partial charge in [0.1, 0.15) is 0 Å². The van der Waals surface area contributed by atoms with E-state index in [4.69, 9.17) is 0 Å². The van der Waals surface area contributed by atoms with E-state index in [1.165, 1.54) is 5.56 Å². The summed E-state index contributed by atoms with van der Waals surface area (Å²) in [5.41, 5.74) is 3.77. The highest BCUT2D eigenvalue weighted by Crippen LogP contribution is 2.25. The van der Waals surface area contributed by atoms with Crippen molar-refractivity contribution in [2.45, 2.75) is 66.0 Å². The first kappa shape index (κ1) is 21.8. The minimum atomic E-state index is -0.437. The predicted octanol–water partition coefficient (Wildman–Crippen LogP) is 5.57. The fourth-order valence-electron chi connectivity index (χ4n) is 3.54. The maximum atomic E-state index is 13.4. The molecular formula is C26H32N2O2. The van der Waals surface area contributed by atoms with Crippen LogP contribution in [0, 0.1) is 6.92 Å². The molecule has 0 bridgehead atoms. The second-order valence-corrected chi connectivity index (χ2v) is 10.1. The molecule has 30 heavy (non-hydrogen) atoms. The molecule has 0 unspecified atom stereocenters. The van der Waals surface area contributed by atoms with E-state index in [2.05, 4.69) is 25.8 Å². The second kappa shape index (κ2) is 7.75. The van der Waals surface area contributed by atoms with Gasteiger partial charge in [-0.15, -0.1) is 0 Å². The van der Waals surface area contributed by atoms with Crippen LogP contribution < -0.4 is 5.56 Å². The zero-order chi connectivity index (χ0) is 22.3. The number of amides is 1. The SMILES string of the molecule is Cc1ccc2[nH]c(=O)c(CN(C(=O)c3ccc(C(C)(C)C)cc3)C(C)(C)C)cc2c1. The number of carbonyl (C=O) groups excluding carboxylic acids is 1. The molecule has 1 heterocycles. The molecule has 4 nitrogen and oxygen atoms in total. The van der Waals surface area contributed by atoms with Crippen LogP contribution in [0.2, 0.25) is 0 Å². The zero-order valence-corrected chi connectivity index (χ0v) is 19.1. The second-order valence-electron chi connectivity index (χ2n) is 10.1. The maximum absolute atomic E-state index is 13.4. The Hall–Kier alpha value is -2.88. The highest BCUT2D eigenvalue weighted by atomic mass is 16.2. The van der Waals surface area contributed by atoms with Gasteiger partial charge in [-0.25, -0.2) is 0 Å². The first-order chi connectivity index (χ1) is 13.9. The molecule has 0 saturated heterocycles. The number of aryl methyl sites for hydroxylation is 1. The summed E-state index contributed by atoms with van der Waals surface area (Å²) in [5, 5.41) is 0.973. The van der Waals surface area contributed by atoms with Crippen LogP contribution in [0.5, 0.6) is 0 Å². The van der Waals surface area contributed by atoms with E-state index < -0.39 is 5.54 Å². The van der Waals surface area contributed by atoms with Gasteiger partial charge in [-0.3, -0.25) is 9.59 Å². The van der Waals surface area contributed by atoms with Gasteiger partial charge in [0.2, 0.25) is 0 Å². The van der Waals surface area contributed by atoms with Crippen LogP contribution in [0.15, 0.2) is 53.3 Å². The third kappa shape index (κ3) is 4.64. The Morgan fingerprint density at radius 1 is 0.933 bits per heavy atom. The minimum Gasteiger partial charge on any atom is -0.329 e. The van der Waals surface area contributed by atoms with E-state index in [0.29, 0.717) is 11.1 Å². The highest BCUT2D eigenvalue weighted by molar-refractivity contribution is 5.94. The van der Waals surface area contributed by atoms with Gasteiger partial charge in [-0.2, -0.15) is 0 Å². The van der Waals surface area contributed by atoms with Gasteiger partial charge in [0.25, 0.3) is 11.5 Å². The summed E-state index contributed by atoms with van der Waals surface area (Å²) in [6, 6.07) is 15.6. The summed E-state index contributed by atoms with van der Waals surface area (Å²) >= 11 is 0. The molecule has 3 rings (SSSR count). The largest absolute Gasteiger partial charge is 0.329 e. The van der Waals surface area contributed by atoms with Crippen LogP contribution >= 0.6 is 0 Å². The number of carbonyl (C=O) groups is 1. The molecule has 0 spiro atoms. The number of aromatic nitrogens is 1. The number of H-pyrrole nitrogens is 1. The topological polar surface area (TPSA) is 53.2 Å². The number of fused-ring (bicyclic) bond motifs is 1. The van der Waals surface area contributed by atoms with Crippen molar-refractivity contribution in [2.75, 3.05) is 0 Å². The smallest absolute Gasteiger partial charge is 0.254 e. The summed E-state index contributed by atoms with van der Waals surface area (Å²) < 4.78 is 0. The van der Waals surface area contributed by atoms with Crippen LogP contribution in [-0.4, -0.2) is 21.3 Å². The monoisotopic (exact) mass is 404 g/mol. The lowest BCUT2D eigenvalue weighted by Gasteiger charge is -2.36. The summed E-state index contributed by atoms with van der Waals surface area (Å²) in [4.78, 5) is 30.8. The molecule has 1 aromatic heterocycles.